The van der Waals surface area contributed by atoms with Gasteiger partial charge in [-0.15, -0.1) is 0 Å². The summed E-state index contributed by atoms with van der Waals surface area (Å²) in [6, 6.07) is 3.35. The second-order valence-corrected chi connectivity index (χ2v) is 5.85. The maximum atomic E-state index is 12.4. The molecule has 1 aliphatic rings. The summed E-state index contributed by atoms with van der Waals surface area (Å²) >= 11 is 6.04. The summed E-state index contributed by atoms with van der Waals surface area (Å²) in [5, 5.41) is 3.75. The Morgan fingerprint density at radius 2 is 2.00 bits per heavy atom. The van der Waals surface area contributed by atoms with Gasteiger partial charge in [0.1, 0.15) is 6.04 Å². The quantitative estimate of drug-likeness (QED) is 0.843. The number of hydrogen-bond donors (Lipinski definition) is 2. The molecule has 110 valence electrons. The molecule has 0 spiro atoms. The number of piperidine rings is 1. The number of hydrogen-bond acceptors (Lipinski definition) is 3. The summed E-state index contributed by atoms with van der Waals surface area (Å²) in [5.74, 6) is 0.150. The monoisotopic (exact) mass is 295 g/mol. The third kappa shape index (κ3) is 3.37. The summed E-state index contributed by atoms with van der Waals surface area (Å²) < 4.78 is 0. The number of benzene rings is 1. The highest BCUT2D eigenvalue weighted by atomic mass is 35.5. The first-order valence-electron chi connectivity index (χ1n) is 7.10. The number of nitrogen functional groups attached to an aromatic ring is 1. The summed E-state index contributed by atoms with van der Waals surface area (Å²) in [4.78, 5) is 14.3. The van der Waals surface area contributed by atoms with E-state index in [1.165, 1.54) is 6.42 Å². The first kappa shape index (κ1) is 15.0. The van der Waals surface area contributed by atoms with Crippen molar-refractivity contribution in [2.45, 2.75) is 39.2 Å². The average Bonchev–Trinajstić information content (AvgIpc) is 2.44. The van der Waals surface area contributed by atoms with E-state index in [-0.39, 0.29) is 11.9 Å². The van der Waals surface area contributed by atoms with Gasteiger partial charge < -0.3 is 16.0 Å². The highest BCUT2D eigenvalue weighted by Crippen LogP contribution is 2.27. The van der Waals surface area contributed by atoms with Crippen molar-refractivity contribution in [1.82, 2.24) is 4.90 Å². The second kappa shape index (κ2) is 6.35. The molecule has 1 saturated heterocycles. The van der Waals surface area contributed by atoms with Crippen molar-refractivity contribution in [3.05, 3.63) is 22.7 Å². The minimum Gasteiger partial charge on any atom is -0.398 e. The van der Waals surface area contributed by atoms with E-state index in [2.05, 4.69) is 5.32 Å². The Hall–Kier alpha value is -1.42. The fourth-order valence-corrected chi connectivity index (χ4v) is 2.71. The van der Waals surface area contributed by atoms with Crippen LogP contribution in [0.5, 0.6) is 0 Å². The Bertz CT molecular complexity index is 498. The van der Waals surface area contributed by atoms with Crippen molar-refractivity contribution >= 4 is 28.9 Å². The number of amides is 1. The van der Waals surface area contributed by atoms with Crippen LogP contribution in [0.25, 0.3) is 0 Å². The molecule has 4 nitrogen and oxygen atoms in total. The van der Waals surface area contributed by atoms with E-state index in [9.17, 15) is 4.79 Å². The molecule has 2 rings (SSSR count). The van der Waals surface area contributed by atoms with Gasteiger partial charge in [0.15, 0.2) is 0 Å². The molecule has 0 bridgehead atoms. The molecule has 0 aliphatic carbocycles. The molecule has 1 heterocycles. The van der Waals surface area contributed by atoms with Gasteiger partial charge in [-0.2, -0.15) is 0 Å². The lowest BCUT2D eigenvalue weighted by Crippen LogP contribution is -2.44. The van der Waals surface area contributed by atoms with E-state index in [0.29, 0.717) is 10.7 Å². The number of aryl methyl sites for hydroxylation is 1. The molecule has 1 aromatic carbocycles. The van der Waals surface area contributed by atoms with Crippen LogP contribution in [-0.4, -0.2) is 29.9 Å². The Balaban J connectivity index is 2.05. The number of nitrogens with one attached hydrogen (secondary N) is 1. The van der Waals surface area contributed by atoms with E-state index < -0.39 is 0 Å². The molecule has 20 heavy (non-hydrogen) atoms. The van der Waals surface area contributed by atoms with Crippen molar-refractivity contribution in [2.75, 3.05) is 24.1 Å². The molecular formula is C15H22ClN3O. The Kier molecular flexibility index (Phi) is 4.76. The SMILES string of the molecule is Cc1cc(N)c(Cl)cc1NC(C)C(=O)N1CCCCC1. The van der Waals surface area contributed by atoms with Crippen LogP contribution >= 0.6 is 11.6 Å². The minimum atomic E-state index is -0.258. The van der Waals surface area contributed by atoms with E-state index in [4.69, 9.17) is 17.3 Å². The molecule has 0 aromatic heterocycles. The number of carbonyl (C=O) groups is 1. The van der Waals surface area contributed by atoms with Gasteiger partial charge >= 0.3 is 0 Å². The molecule has 1 amide bonds. The van der Waals surface area contributed by atoms with Crippen LogP contribution in [0.2, 0.25) is 5.02 Å². The topological polar surface area (TPSA) is 58.4 Å². The molecular weight excluding hydrogens is 274 g/mol. The van der Waals surface area contributed by atoms with Gasteiger partial charge in [-0.1, -0.05) is 11.6 Å². The standard InChI is InChI=1S/C15H22ClN3O/c1-10-8-13(17)12(16)9-14(10)18-11(2)15(20)19-6-4-3-5-7-19/h8-9,11,18H,3-7,17H2,1-2H3. The zero-order valence-electron chi connectivity index (χ0n) is 12.1. The molecule has 1 atom stereocenters. The van der Waals surface area contributed by atoms with Crippen LogP contribution in [0.15, 0.2) is 12.1 Å². The minimum absolute atomic E-state index is 0.150. The summed E-state index contributed by atoms with van der Waals surface area (Å²) in [6.45, 7) is 5.58. The Morgan fingerprint density at radius 3 is 2.65 bits per heavy atom. The maximum Gasteiger partial charge on any atom is 0.244 e. The number of nitrogens with zero attached hydrogens (tertiary/aromatic N) is 1. The molecule has 1 aromatic rings. The van der Waals surface area contributed by atoms with Crippen molar-refractivity contribution in [3.63, 3.8) is 0 Å². The van der Waals surface area contributed by atoms with Gasteiger partial charge in [-0.3, -0.25) is 4.79 Å². The van der Waals surface area contributed by atoms with Crippen LogP contribution in [0, 0.1) is 6.92 Å². The third-order valence-corrected chi connectivity index (χ3v) is 4.08. The van der Waals surface area contributed by atoms with Crippen LogP contribution in [-0.2, 0) is 4.79 Å². The first-order valence-corrected chi connectivity index (χ1v) is 7.48. The van der Waals surface area contributed by atoms with E-state index >= 15 is 0 Å². The molecule has 0 saturated carbocycles. The summed E-state index contributed by atoms with van der Waals surface area (Å²) in [6.07, 6.45) is 3.43. The Labute approximate surface area is 125 Å². The van der Waals surface area contributed by atoms with Crippen molar-refractivity contribution in [3.8, 4) is 0 Å². The van der Waals surface area contributed by atoms with Gasteiger partial charge in [-0.25, -0.2) is 0 Å². The fourth-order valence-electron chi connectivity index (χ4n) is 2.54. The predicted octanol–water partition coefficient (Wildman–Crippen LogP) is 3.04. The molecule has 1 fully saturated rings. The lowest BCUT2D eigenvalue weighted by molar-refractivity contribution is -0.132. The zero-order valence-corrected chi connectivity index (χ0v) is 12.8. The molecule has 1 unspecified atom stereocenters. The zero-order chi connectivity index (χ0) is 14.7. The van der Waals surface area contributed by atoms with Crippen LogP contribution in [0.4, 0.5) is 11.4 Å². The largest absolute Gasteiger partial charge is 0.398 e. The number of anilines is 2. The van der Waals surface area contributed by atoms with Gasteiger partial charge in [0.2, 0.25) is 5.91 Å². The van der Waals surface area contributed by atoms with Crippen molar-refractivity contribution in [2.24, 2.45) is 0 Å². The van der Waals surface area contributed by atoms with Gasteiger partial charge in [-0.05, 0) is 50.8 Å². The molecule has 3 N–H and O–H groups in total. The third-order valence-electron chi connectivity index (χ3n) is 3.75. The van der Waals surface area contributed by atoms with Crippen LogP contribution in [0.1, 0.15) is 31.7 Å². The lowest BCUT2D eigenvalue weighted by Gasteiger charge is -2.30. The highest BCUT2D eigenvalue weighted by molar-refractivity contribution is 6.33. The normalized spacial score (nSPS) is 16.9. The van der Waals surface area contributed by atoms with Crippen molar-refractivity contribution < 1.29 is 4.79 Å². The van der Waals surface area contributed by atoms with Gasteiger partial charge in [0, 0.05) is 18.8 Å². The Morgan fingerprint density at radius 1 is 1.35 bits per heavy atom. The van der Waals surface area contributed by atoms with Crippen LogP contribution < -0.4 is 11.1 Å². The smallest absolute Gasteiger partial charge is 0.244 e. The summed E-state index contributed by atoms with van der Waals surface area (Å²) in [5.41, 5.74) is 8.18. The van der Waals surface area contributed by atoms with E-state index in [1.54, 1.807) is 6.07 Å². The number of likely N-dealkylation sites (tertiary alicyclic amines) is 1. The van der Waals surface area contributed by atoms with E-state index in [0.717, 1.165) is 37.2 Å². The average molecular weight is 296 g/mol. The van der Waals surface area contributed by atoms with Crippen LogP contribution in [0.3, 0.4) is 0 Å². The molecule has 5 heteroatoms. The maximum absolute atomic E-state index is 12.4. The highest BCUT2D eigenvalue weighted by Gasteiger charge is 2.22. The fraction of sp³-hybridized carbons (Fsp3) is 0.533. The predicted molar refractivity (Wildman–Crippen MR) is 84.1 cm³/mol. The molecule has 0 radical (unpaired) electrons. The summed E-state index contributed by atoms with van der Waals surface area (Å²) in [7, 11) is 0. The van der Waals surface area contributed by atoms with Gasteiger partial charge in [0.25, 0.3) is 0 Å². The molecule has 1 aliphatic heterocycles. The number of carbonyl (C=O) groups excluding carboxylic acids is 1. The van der Waals surface area contributed by atoms with Gasteiger partial charge in [0.05, 0.1) is 10.7 Å². The van der Waals surface area contributed by atoms with E-state index in [1.807, 2.05) is 24.8 Å². The number of nitrogens with two attached hydrogens (primary N) is 1. The number of rotatable bonds is 3. The number of halogens is 1. The first-order chi connectivity index (χ1) is 9.49. The van der Waals surface area contributed by atoms with Crippen molar-refractivity contribution in [1.29, 1.82) is 0 Å². The lowest BCUT2D eigenvalue weighted by atomic mass is 10.1. The second-order valence-electron chi connectivity index (χ2n) is 5.44.